The molecule has 1 saturated heterocycles. The zero-order valence-electron chi connectivity index (χ0n) is 14.9. The van der Waals surface area contributed by atoms with Crippen LogP contribution >= 0.6 is 35.6 Å². The van der Waals surface area contributed by atoms with Crippen molar-refractivity contribution in [2.75, 3.05) is 20.1 Å². The molecule has 1 aliphatic heterocycles. The van der Waals surface area contributed by atoms with Gasteiger partial charge in [-0.2, -0.15) is 0 Å². The SMILES string of the molecule is CCC(CCNC(=NC)NCc1ccccc1Cl)N1CCCC1=O.I. The number of amides is 1. The molecule has 0 aliphatic carbocycles. The van der Waals surface area contributed by atoms with Crippen molar-refractivity contribution in [1.82, 2.24) is 15.5 Å². The second-order valence-corrected chi connectivity index (χ2v) is 6.39. The van der Waals surface area contributed by atoms with Crippen molar-refractivity contribution in [3.05, 3.63) is 34.9 Å². The van der Waals surface area contributed by atoms with Crippen LogP contribution < -0.4 is 10.6 Å². The highest BCUT2D eigenvalue weighted by atomic mass is 127. The Labute approximate surface area is 172 Å². The van der Waals surface area contributed by atoms with Gasteiger partial charge in [-0.15, -0.1) is 24.0 Å². The molecule has 1 amide bonds. The van der Waals surface area contributed by atoms with Crippen LogP contribution in [0.1, 0.15) is 38.2 Å². The van der Waals surface area contributed by atoms with Crippen LogP contribution in [0.15, 0.2) is 29.3 Å². The lowest BCUT2D eigenvalue weighted by Crippen LogP contribution is -2.41. The van der Waals surface area contributed by atoms with Crippen LogP contribution in [0.4, 0.5) is 0 Å². The average molecular weight is 479 g/mol. The summed E-state index contributed by atoms with van der Waals surface area (Å²) in [5.74, 6) is 1.04. The molecule has 1 atom stereocenters. The summed E-state index contributed by atoms with van der Waals surface area (Å²) in [4.78, 5) is 18.1. The van der Waals surface area contributed by atoms with Crippen molar-refractivity contribution in [1.29, 1.82) is 0 Å². The van der Waals surface area contributed by atoms with Crippen LogP contribution in [0.3, 0.4) is 0 Å². The van der Waals surface area contributed by atoms with Gasteiger partial charge in [-0.3, -0.25) is 9.79 Å². The van der Waals surface area contributed by atoms with Gasteiger partial charge in [0.2, 0.25) is 5.91 Å². The summed E-state index contributed by atoms with van der Waals surface area (Å²) in [5, 5.41) is 7.34. The Bertz CT molecular complexity index is 582. The fourth-order valence-corrected chi connectivity index (χ4v) is 3.24. The quantitative estimate of drug-likeness (QED) is 0.359. The van der Waals surface area contributed by atoms with E-state index in [4.69, 9.17) is 11.6 Å². The van der Waals surface area contributed by atoms with Crippen LogP contribution in [-0.2, 0) is 11.3 Å². The first-order valence-corrected chi connectivity index (χ1v) is 9.01. The second kappa shape index (κ2) is 11.6. The summed E-state index contributed by atoms with van der Waals surface area (Å²) >= 11 is 6.16. The molecule has 25 heavy (non-hydrogen) atoms. The third-order valence-electron chi connectivity index (χ3n) is 4.42. The molecule has 1 unspecified atom stereocenters. The number of nitrogens with one attached hydrogen (secondary N) is 2. The number of aliphatic imine (C=N–C) groups is 1. The van der Waals surface area contributed by atoms with Crippen molar-refractivity contribution in [2.45, 2.75) is 45.2 Å². The minimum absolute atomic E-state index is 0. The highest BCUT2D eigenvalue weighted by Gasteiger charge is 2.26. The maximum Gasteiger partial charge on any atom is 0.222 e. The van der Waals surface area contributed by atoms with E-state index in [0.717, 1.165) is 48.9 Å². The standard InChI is InChI=1S/C18H27ClN4O.HI/c1-3-15(23-12-6-9-17(23)24)10-11-21-18(20-2)22-13-14-7-4-5-8-16(14)19;/h4-5,7-8,15H,3,6,9-13H2,1-2H3,(H2,20,21,22);1H. The smallest absolute Gasteiger partial charge is 0.222 e. The molecule has 1 fully saturated rings. The Morgan fingerprint density at radius 3 is 2.72 bits per heavy atom. The Morgan fingerprint density at radius 1 is 1.36 bits per heavy atom. The predicted molar refractivity (Wildman–Crippen MR) is 115 cm³/mol. The number of hydrogen-bond acceptors (Lipinski definition) is 2. The van der Waals surface area contributed by atoms with E-state index in [1.807, 2.05) is 29.2 Å². The minimum atomic E-state index is 0. The molecule has 1 aromatic rings. The van der Waals surface area contributed by atoms with Crippen molar-refractivity contribution < 1.29 is 4.79 Å². The second-order valence-electron chi connectivity index (χ2n) is 5.99. The summed E-state index contributed by atoms with van der Waals surface area (Å²) in [5.41, 5.74) is 1.04. The molecule has 0 spiro atoms. The van der Waals surface area contributed by atoms with Crippen LogP contribution in [0, 0.1) is 0 Å². The summed E-state index contributed by atoms with van der Waals surface area (Å²) in [6, 6.07) is 8.08. The number of likely N-dealkylation sites (tertiary alicyclic amines) is 1. The molecular weight excluding hydrogens is 451 g/mol. The van der Waals surface area contributed by atoms with Crippen LogP contribution in [0.2, 0.25) is 5.02 Å². The van der Waals surface area contributed by atoms with E-state index in [-0.39, 0.29) is 24.0 Å². The van der Waals surface area contributed by atoms with Gasteiger partial charge in [0.15, 0.2) is 5.96 Å². The van der Waals surface area contributed by atoms with Gasteiger partial charge >= 0.3 is 0 Å². The van der Waals surface area contributed by atoms with Crippen LogP contribution in [-0.4, -0.2) is 42.9 Å². The lowest BCUT2D eigenvalue weighted by atomic mass is 10.1. The van der Waals surface area contributed by atoms with E-state index in [0.29, 0.717) is 24.9 Å². The fraction of sp³-hybridized carbons (Fsp3) is 0.556. The molecule has 1 aliphatic rings. The molecular formula is C18H28ClIN4O. The molecule has 0 bridgehead atoms. The van der Waals surface area contributed by atoms with Gasteiger partial charge in [0.25, 0.3) is 0 Å². The van der Waals surface area contributed by atoms with Crippen molar-refractivity contribution in [3.8, 4) is 0 Å². The molecule has 5 nitrogen and oxygen atoms in total. The largest absolute Gasteiger partial charge is 0.356 e. The molecule has 7 heteroatoms. The maximum atomic E-state index is 11.9. The Kier molecular flexibility index (Phi) is 10.2. The lowest BCUT2D eigenvalue weighted by molar-refractivity contribution is -0.129. The van der Waals surface area contributed by atoms with E-state index in [1.165, 1.54) is 0 Å². The first-order chi connectivity index (χ1) is 11.7. The summed E-state index contributed by atoms with van der Waals surface area (Å²) < 4.78 is 0. The number of rotatable bonds is 7. The Hall–Kier alpha value is -1.02. The van der Waals surface area contributed by atoms with Gasteiger partial charge in [0.05, 0.1) is 0 Å². The van der Waals surface area contributed by atoms with Crippen molar-refractivity contribution in [3.63, 3.8) is 0 Å². The zero-order valence-corrected chi connectivity index (χ0v) is 18.0. The van der Waals surface area contributed by atoms with Gasteiger partial charge in [-0.05, 0) is 30.9 Å². The van der Waals surface area contributed by atoms with E-state index in [2.05, 4.69) is 22.5 Å². The molecule has 0 radical (unpaired) electrons. The van der Waals surface area contributed by atoms with Crippen molar-refractivity contribution >= 4 is 47.4 Å². The number of carbonyl (C=O) groups excluding carboxylic acids is 1. The van der Waals surface area contributed by atoms with Crippen LogP contribution in [0.5, 0.6) is 0 Å². The zero-order chi connectivity index (χ0) is 17.4. The normalized spacial score (nSPS) is 15.7. The number of carbonyl (C=O) groups is 1. The Morgan fingerprint density at radius 2 is 2.12 bits per heavy atom. The van der Waals surface area contributed by atoms with Gasteiger partial charge in [0.1, 0.15) is 0 Å². The number of hydrogen-bond donors (Lipinski definition) is 2. The summed E-state index contributed by atoms with van der Waals surface area (Å²) in [6.07, 6.45) is 3.60. The van der Waals surface area contributed by atoms with E-state index in [9.17, 15) is 4.79 Å². The highest BCUT2D eigenvalue weighted by molar-refractivity contribution is 14.0. The number of halogens is 2. The van der Waals surface area contributed by atoms with Crippen LogP contribution in [0.25, 0.3) is 0 Å². The van der Waals surface area contributed by atoms with E-state index >= 15 is 0 Å². The first-order valence-electron chi connectivity index (χ1n) is 8.63. The molecule has 1 heterocycles. The molecule has 1 aromatic carbocycles. The highest BCUT2D eigenvalue weighted by Crippen LogP contribution is 2.17. The summed E-state index contributed by atoms with van der Waals surface area (Å²) in [6.45, 7) is 4.45. The van der Waals surface area contributed by atoms with Gasteiger partial charge < -0.3 is 15.5 Å². The molecule has 2 rings (SSSR count). The Balaban J connectivity index is 0.00000312. The van der Waals surface area contributed by atoms with Gasteiger partial charge in [-0.1, -0.05) is 36.7 Å². The third-order valence-corrected chi connectivity index (χ3v) is 4.79. The maximum absolute atomic E-state index is 11.9. The lowest BCUT2D eigenvalue weighted by Gasteiger charge is -2.27. The average Bonchev–Trinajstić information content (AvgIpc) is 3.01. The van der Waals surface area contributed by atoms with E-state index in [1.54, 1.807) is 7.05 Å². The molecule has 2 N–H and O–H groups in total. The summed E-state index contributed by atoms with van der Waals surface area (Å²) in [7, 11) is 1.75. The topological polar surface area (TPSA) is 56.7 Å². The minimum Gasteiger partial charge on any atom is -0.356 e. The molecule has 0 aromatic heterocycles. The molecule has 140 valence electrons. The molecule has 0 saturated carbocycles. The van der Waals surface area contributed by atoms with Gasteiger partial charge in [-0.25, -0.2) is 0 Å². The first kappa shape index (κ1) is 22.0. The number of benzene rings is 1. The third kappa shape index (κ3) is 6.66. The van der Waals surface area contributed by atoms with Gasteiger partial charge in [0, 0.05) is 44.2 Å². The van der Waals surface area contributed by atoms with Crippen molar-refractivity contribution in [2.24, 2.45) is 4.99 Å². The number of nitrogens with zero attached hydrogens (tertiary/aromatic N) is 2. The predicted octanol–water partition coefficient (Wildman–Crippen LogP) is 3.41. The fourth-order valence-electron chi connectivity index (χ4n) is 3.03. The monoisotopic (exact) mass is 478 g/mol. The van der Waals surface area contributed by atoms with E-state index < -0.39 is 0 Å². The number of guanidine groups is 1.